The van der Waals surface area contributed by atoms with Gasteiger partial charge in [-0.3, -0.25) is 4.79 Å². The second-order valence-corrected chi connectivity index (χ2v) is 5.48. The van der Waals surface area contributed by atoms with Gasteiger partial charge in [0, 0.05) is 35.8 Å². The van der Waals surface area contributed by atoms with Crippen LogP contribution in [0.5, 0.6) is 0 Å². The lowest BCUT2D eigenvalue weighted by Gasteiger charge is -2.39. The molecule has 1 heterocycles. The highest BCUT2D eigenvalue weighted by molar-refractivity contribution is 6.30. The predicted octanol–water partition coefficient (Wildman–Crippen LogP) is 2.16. The van der Waals surface area contributed by atoms with Crippen molar-refractivity contribution in [2.24, 2.45) is 0 Å². The van der Waals surface area contributed by atoms with Crippen LogP contribution in [0.25, 0.3) is 0 Å². The highest BCUT2D eigenvalue weighted by Gasteiger charge is 2.28. The lowest BCUT2D eigenvalue weighted by Crippen LogP contribution is -2.58. The fourth-order valence-corrected chi connectivity index (χ4v) is 2.22. The second kappa shape index (κ2) is 4.67. The lowest BCUT2D eigenvalue weighted by molar-refractivity contribution is 0.0652. The molecular weight excluding hydrogens is 236 g/mol. The molecule has 0 saturated carbocycles. The molecule has 2 rings (SSSR count). The van der Waals surface area contributed by atoms with Gasteiger partial charge in [0.05, 0.1) is 0 Å². The summed E-state index contributed by atoms with van der Waals surface area (Å²) in [5.74, 6) is 0.0799. The Balaban J connectivity index is 2.12. The van der Waals surface area contributed by atoms with E-state index in [2.05, 4.69) is 19.2 Å². The SMILES string of the molecule is CC1(C)CN(C(=O)c2ccc(Cl)cc2)CCN1. The van der Waals surface area contributed by atoms with Gasteiger partial charge in [-0.15, -0.1) is 0 Å². The molecule has 0 spiro atoms. The predicted molar refractivity (Wildman–Crippen MR) is 69.4 cm³/mol. The van der Waals surface area contributed by atoms with Crippen molar-refractivity contribution in [3.05, 3.63) is 34.9 Å². The zero-order chi connectivity index (χ0) is 12.5. The summed E-state index contributed by atoms with van der Waals surface area (Å²) in [5.41, 5.74) is 0.687. The molecule has 1 aliphatic heterocycles. The minimum Gasteiger partial charge on any atom is -0.336 e. The minimum atomic E-state index is -0.0136. The number of hydrogen-bond acceptors (Lipinski definition) is 2. The first-order chi connectivity index (χ1) is 7.98. The maximum absolute atomic E-state index is 12.3. The molecule has 1 amide bonds. The van der Waals surface area contributed by atoms with Crippen LogP contribution in [0, 0.1) is 0 Å². The maximum atomic E-state index is 12.3. The van der Waals surface area contributed by atoms with E-state index in [1.54, 1.807) is 24.3 Å². The van der Waals surface area contributed by atoms with Gasteiger partial charge < -0.3 is 10.2 Å². The van der Waals surface area contributed by atoms with E-state index in [-0.39, 0.29) is 11.4 Å². The summed E-state index contributed by atoms with van der Waals surface area (Å²) in [6.45, 7) is 6.54. The number of amides is 1. The third-order valence-electron chi connectivity index (χ3n) is 2.95. The largest absolute Gasteiger partial charge is 0.336 e. The highest BCUT2D eigenvalue weighted by Crippen LogP contribution is 2.15. The van der Waals surface area contributed by atoms with E-state index in [4.69, 9.17) is 11.6 Å². The zero-order valence-corrected chi connectivity index (χ0v) is 10.9. The van der Waals surface area contributed by atoms with Gasteiger partial charge >= 0.3 is 0 Å². The topological polar surface area (TPSA) is 32.3 Å². The molecule has 4 heteroatoms. The lowest BCUT2D eigenvalue weighted by atomic mass is 10.0. The van der Waals surface area contributed by atoms with E-state index in [1.165, 1.54) is 0 Å². The van der Waals surface area contributed by atoms with Gasteiger partial charge in [0.15, 0.2) is 0 Å². The Morgan fingerprint density at radius 1 is 1.35 bits per heavy atom. The molecule has 0 aliphatic carbocycles. The molecule has 3 nitrogen and oxygen atoms in total. The number of carbonyl (C=O) groups excluding carboxylic acids is 1. The summed E-state index contributed by atoms with van der Waals surface area (Å²) in [6.07, 6.45) is 0. The maximum Gasteiger partial charge on any atom is 0.253 e. The van der Waals surface area contributed by atoms with Crippen molar-refractivity contribution >= 4 is 17.5 Å². The Kier molecular flexibility index (Phi) is 3.40. The summed E-state index contributed by atoms with van der Waals surface area (Å²) >= 11 is 5.81. The Morgan fingerprint density at radius 2 is 2.00 bits per heavy atom. The first-order valence-electron chi connectivity index (χ1n) is 5.78. The van der Waals surface area contributed by atoms with E-state index < -0.39 is 0 Å². The van der Waals surface area contributed by atoms with E-state index in [0.717, 1.165) is 19.6 Å². The molecule has 1 aromatic rings. The Labute approximate surface area is 107 Å². The van der Waals surface area contributed by atoms with Gasteiger partial charge in [0.25, 0.3) is 5.91 Å². The molecular formula is C13H17ClN2O. The van der Waals surface area contributed by atoms with Gasteiger partial charge in [0.2, 0.25) is 0 Å². The second-order valence-electron chi connectivity index (χ2n) is 5.04. The number of halogens is 1. The molecule has 92 valence electrons. The Hall–Kier alpha value is -1.06. The van der Waals surface area contributed by atoms with Crippen LogP contribution in [0.1, 0.15) is 24.2 Å². The minimum absolute atomic E-state index is 0.0136. The molecule has 0 unspecified atom stereocenters. The van der Waals surface area contributed by atoms with Gasteiger partial charge in [0.1, 0.15) is 0 Å². The van der Waals surface area contributed by atoms with Crippen molar-refractivity contribution in [1.29, 1.82) is 0 Å². The standard InChI is InChI=1S/C13H17ClN2O/c1-13(2)9-16(8-7-15-13)12(17)10-3-5-11(14)6-4-10/h3-6,15H,7-9H2,1-2H3. The smallest absolute Gasteiger partial charge is 0.253 e. The Morgan fingerprint density at radius 3 is 2.59 bits per heavy atom. The summed E-state index contributed by atoms with van der Waals surface area (Å²) < 4.78 is 0. The quantitative estimate of drug-likeness (QED) is 0.831. The number of nitrogens with zero attached hydrogens (tertiary/aromatic N) is 1. The first kappa shape index (κ1) is 12.4. The molecule has 1 N–H and O–H groups in total. The van der Waals surface area contributed by atoms with Crippen molar-refractivity contribution in [2.75, 3.05) is 19.6 Å². The van der Waals surface area contributed by atoms with Crippen LogP contribution in [-0.4, -0.2) is 36.0 Å². The highest BCUT2D eigenvalue weighted by atomic mass is 35.5. The number of carbonyl (C=O) groups is 1. The summed E-state index contributed by atoms with van der Waals surface area (Å²) in [4.78, 5) is 14.1. The number of piperazine rings is 1. The molecule has 1 aromatic carbocycles. The van der Waals surface area contributed by atoms with Gasteiger partial charge in [-0.1, -0.05) is 11.6 Å². The van der Waals surface area contributed by atoms with Crippen molar-refractivity contribution in [1.82, 2.24) is 10.2 Å². The number of rotatable bonds is 1. The molecule has 0 atom stereocenters. The summed E-state index contributed by atoms with van der Waals surface area (Å²) in [6, 6.07) is 7.06. The van der Waals surface area contributed by atoms with Crippen LogP contribution in [0.15, 0.2) is 24.3 Å². The molecule has 1 aliphatic rings. The molecule has 1 saturated heterocycles. The van der Waals surface area contributed by atoms with Crippen LogP contribution in [0.4, 0.5) is 0 Å². The fourth-order valence-electron chi connectivity index (χ4n) is 2.09. The first-order valence-corrected chi connectivity index (χ1v) is 6.16. The van der Waals surface area contributed by atoms with Gasteiger partial charge in [-0.05, 0) is 38.1 Å². The van der Waals surface area contributed by atoms with E-state index in [9.17, 15) is 4.79 Å². The van der Waals surface area contributed by atoms with Crippen LogP contribution in [-0.2, 0) is 0 Å². The van der Waals surface area contributed by atoms with E-state index in [1.807, 2.05) is 4.90 Å². The Bertz CT molecular complexity index is 414. The van der Waals surface area contributed by atoms with Crippen molar-refractivity contribution in [3.8, 4) is 0 Å². The normalized spacial score (nSPS) is 19.1. The molecule has 17 heavy (non-hydrogen) atoms. The summed E-state index contributed by atoms with van der Waals surface area (Å²) in [5, 5.41) is 4.04. The van der Waals surface area contributed by atoms with Crippen LogP contribution in [0.2, 0.25) is 5.02 Å². The molecule has 1 fully saturated rings. The summed E-state index contributed by atoms with van der Waals surface area (Å²) in [7, 11) is 0. The van der Waals surface area contributed by atoms with Crippen molar-refractivity contribution in [2.45, 2.75) is 19.4 Å². The average Bonchev–Trinajstić information content (AvgIpc) is 2.28. The van der Waals surface area contributed by atoms with Crippen molar-refractivity contribution in [3.63, 3.8) is 0 Å². The van der Waals surface area contributed by atoms with Crippen LogP contribution < -0.4 is 5.32 Å². The van der Waals surface area contributed by atoms with E-state index in [0.29, 0.717) is 10.6 Å². The van der Waals surface area contributed by atoms with Crippen LogP contribution >= 0.6 is 11.6 Å². The monoisotopic (exact) mass is 252 g/mol. The third-order valence-corrected chi connectivity index (χ3v) is 3.20. The number of nitrogens with one attached hydrogen (secondary N) is 1. The fraction of sp³-hybridized carbons (Fsp3) is 0.462. The van der Waals surface area contributed by atoms with Gasteiger partial charge in [-0.25, -0.2) is 0 Å². The molecule has 0 radical (unpaired) electrons. The van der Waals surface area contributed by atoms with Gasteiger partial charge in [-0.2, -0.15) is 0 Å². The molecule has 0 bridgehead atoms. The van der Waals surface area contributed by atoms with Crippen LogP contribution in [0.3, 0.4) is 0 Å². The number of hydrogen-bond donors (Lipinski definition) is 1. The molecule has 0 aromatic heterocycles. The van der Waals surface area contributed by atoms with E-state index >= 15 is 0 Å². The number of benzene rings is 1. The average molecular weight is 253 g/mol. The zero-order valence-electron chi connectivity index (χ0n) is 10.2. The van der Waals surface area contributed by atoms with Crippen molar-refractivity contribution < 1.29 is 4.79 Å². The third kappa shape index (κ3) is 2.99.